The largest absolute Gasteiger partial charge is 0.494 e. The smallest absolute Gasteiger partial charge is 0.449 e. The molecule has 1 heterocycles. The number of aromatic nitrogens is 2. The normalized spacial score (nSPS) is 11.8. The van der Waals surface area contributed by atoms with Crippen molar-refractivity contribution in [3.8, 4) is 5.75 Å². The molecule has 0 aliphatic rings. The van der Waals surface area contributed by atoms with Crippen molar-refractivity contribution in [3.05, 3.63) is 34.4 Å². The number of hydrogen-bond donors (Lipinski definition) is 1. The second-order valence-corrected chi connectivity index (χ2v) is 3.27. The number of para-hydroxylation sites is 1. The molecule has 0 fully saturated rings. The van der Waals surface area contributed by atoms with Gasteiger partial charge in [-0.25, -0.2) is 4.98 Å². The van der Waals surface area contributed by atoms with Crippen LogP contribution >= 0.6 is 0 Å². The van der Waals surface area contributed by atoms with E-state index in [1.807, 2.05) is 0 Å². The fourth-order valence-corrected chi connectivity index (χ4v) is 1.43. The molecule has 17 heavy (non-hydrogen) atoms. The number of methoxy groups -OCH3 is 1. The summed E-state index contributed by atoms with van der Waals surface area (Å²) in [7, 11) is 1.30. The van der Waals surface area contributed by atoms with E-state index in [1.54, 1.807) is 4.98 Å². The summed E-state index contributed by atoms with van der Waals surface area (Å²) in [6.45, 7) is 0. The lowest BCUT2D eigenvalue weighted by Crippen LogP contribution is -2.19. The van der Waals surface area contributed by atoms with Crippen molar-refractivity contribution in [2.24, 2.45) is 0 Å². The van der Waals surface area contributed by atoms with Crippen molar-refractivity contribution in [3.63, 3.8) is 0 Å². The molecule has 0 aliphatic carbocycles. The third-order valence-corrected chi connectivity index (χ3v) is 2.19. The highest BCUT2D eigenvalue weighted by atomic mass is 19.4. The molecule has 2 aromatic rings. The van der Waals surface area contributed by atoms with Gasteiger partial charge >= 0.3 is 6.18 Å². The SMILES string of the molecule is COc1cccc2c(=O)[nH]c(C(F)(F)F)nc12. The second-order valence-electron chi connectivity index (χ2n) is 3.27. The summed E-state index contributed by atoms with van der Waals surface area (Å²) in [5.74, 6) is -1.21. The molecular weight excluding hydrogens is 237 g/mol. The highest BCUT2D eigenvalue weighted by Crippen LogP contribution is 2.28. The molecule has 0 saturated heterocycles. The number of rotatable bonds is 1. The number of benzene rings is 1. The molecule has 0 saturated carbocycles. The average molecular weight is 244 g/mol. The van der Waals surface area contributed by atoms with E-state index >= 15 is 0 Å². The predicted octanol–water partition coefficient (Wildman–Crippen LogP) is 1.95. The van der Waals surface area contributed by atoms with Gasteiger partial charge in [0.2, 0.25) is 5.82 Å². The van der Waals surface area contributed by atoms with Gasteiger partial charge in [-0.2, -0.15) is 13.2 Å². The minimum absolute atomic E-state index is 0.0531. The standard InChI is InChI=1S/C10H7F3N2O2/c1-17-6-4-2-3-5-7(6)14-9(10(11,12)13)15-8(5)16/h2-4H,1H3,(H,14,15,16). The van der Waals surface area contributed by atoms with Crippen LogP contribution in [0.2, 0.25) is 0 Å². The van der Waals surface area contributed by atoms with Gasteiger partial charge in [0.05, 0.1) is 12.5 Å². The highest BCUT2D eigenvalue weighted by molar-refractivity contribution is 5.83. The van der Waals surface area contributed by atoms with Crippen LogP contribution in [0.1, 0.15) is 5.82 Å². The Balaban J connectivity index is 2.84. The molecular formula is C10H7F3N2O2. The Kier molecular flexibility index (Phi) is 2.53. The van der Waals surface area contributed by atoms with Crippen molar-refractivity contribution in [1.29, 1.82) is 0 Å². The van der Waals surface area contributed by atoms with Crippen molar-refractivity contribution >= 4 is 10.9 Å². The van der Waals surface area contributed by atoms with Gasteiger partial charge in [0.25, 0.3) is 5.56 Å². The Morgan fingerprint density at radius 2 is 2.06 bits per heavy atom. The number of fused-ring (bicyclic) bond motifs is 1. The zero-order valence-corrected chi connectivity index (χ0v) is 8.63. The Labute approximate surface area is 93.1 Å². The maximum Gasteiger partial charge on any atom is 0.449 e. The molecule has 90 valence electrons. The van der Waals surface area contributed by atoms with E-state index in [2.05, 4.69) is 4.98 Å². The molecule has 1 aromatic heterocycles. The molecule has 2 rings (SSSR count). The summed E-state index contributed by atoms with van der Waals surface area (Å²) in [6.07, 6.45) is -4.70. The number of halogens is 3. The van der Waals surface area contributed by atoms with Crippen molar-refractivity contribution in [2.75, 3.05) is 7.11 Å². The molecule has 4 nitrogen and oxygen atoms in total. The van der Waals surface area contributed by atoms with Crippen molar-refractivity contribution in [2.45, 2.75) is 6.18 Å². The van der Waals surface area contributed by atoms with Crippen LogP contribution in [-0.2, 0) is 6.18 Å². The fourth-order valence-electron chi connectivity index (χ4n) is 1.43. The molecule has 0 aliphatic heterocycles. The summed E-state index contributed by atoms with van der Waals surface area (Å²) >= 11 is 0. The molecule has 1 aromatic carbocycles. The number of nitrogens with one attached hydrogen (secondary N) is 1. The maximum atomic E-state index is 12.5. The number of H-pyrrole nitrogens is 1. The van der Waals surface area contributed by atoms with Gasteiger partial charge in [0, 0.05) is 0 Å². The number of aromatic amines is 1. The second kappa shape index (κ2) is 3.76. The number of alkyl halides is 3. The topological polar surface area (TPSA) is 55.0 Å². The Hall–Kier alpha value is -2.05. The van der Waals surface area contributed by atoms with E-state index in [0.717, 1.165) is 0 Å². The zero-order chi connectivity index (χ0) is 12.6. The molecule has 7 heteroatoms. The van der Waals surface area contributed by atoms with Crippen LogP contribution in [0.15, 0.2) is 23.0 Å². The molecule has 1 N–H and O–H groups in total. The van der Waals surface area contributed by atoms with Crippen LogP contribution in [0.3, 0.4) is 0 Å². The first kappa shape index (κ1) is 11.4. The quantitative estimate of drug-likeness (QED) is 0.834. The third-order valence-electron chi connectivity index (χ3n) is 2.19. The van der Waals surface area contributed by atoms with Crippen LogP contribution in [0.5, 0.6) is 5.75 Å². The Bertz CT molecular complexity index is 619. The number of ether oxygens (including phenoxy) is 1. The minimum atomic E-state index is -4.70. The summed E-state index contributed by atoms with van der Waals surface area (Å²) in [6, 6.07) is 4.32. The lowest BCUT2D eigenvalue weighted by molar-refractivity contribution is -0.144. The van der Waals surface area contributed by atoms with Gasteiger partial charge in [-0.05, 0) is 12.1 Å². The summed E-state index contributed by atoms with van der Waals surface area (Å²) in [5.41, 5.74) is -0.952. The molecule has 0 radical (unpaired) electrons. The van der Waals surface area contributed by atoms with Crippen molar-refractivity contribution < 1.29 is 17.9 Å². The lowest BCUT2D eigenvalue weighted by Gasteiger charge is -2.08. The zero-order valence-electron chi connectivity index (χ0n) is 8.63. The molecule has 0 unspecified atom stereocenters. The van der Waals surface area contributed by atoms with Crippen LogP contribution in [-0.4, -0.2) is 17.1 Å². The number of hydrogen-bond acceptors (Lipinski definition) is 3. The van der Waals surface area contributed by atoms with E-state index < -0.39 is 17.6 Å². The lowest BCUT2D eigenvalue weighted by atomic mass is 10.2. The van der Waals surface area contributed by atoms with E-state index in [9.17, 15) is 18.0 Å². The summed E-state index contributed by atoms with van der Waals surface area (Å²) in [4.78, 5) is 16.5. The number of nitrogens with zero attached hydrogens (tertiary/aromatic N) is 1. The first-order valence-electron chi connectivity index (χ1n) is 4.57. The third kappa shape index (κ3) is 1.95. The van der Waals surface area contributed by atoms with Crippen LogP contribution in [0.4, 0.5) is 13.2 Å². The van der Waals surface area contributed by atoms with Gasteiger partial charge in [0.1, 0.15) is 11.3 Å². The van der Waals surface area contributed by atoms with Gasteiger partial charge in [0.15, 0.2) is 0 Å². The Morgan fingerprint density at radius 3 is 2.65 bits per heavy atom. The summed E-state index contributed by atoms with van der Waals surface area (Å²) in [5, 5.41) is 0.0531. The first-order valence-corrected chi connectivity index (χ1v) is 4.57. The van der Waals surface area contributed by atoms with Crippen molar-refractivity contribution in [1.82, 2.24) is 9.97 Å². The molecule has 0 atom stereocenters. The van der Waals surface area contributed by atoms with Gasteiger partial charge in [-0.3, -0.25) is 4.79 Å². The minimum Gasteiger partial charge on any atom is -0.494 e. The summed E-state index contributed by atoms with van der Waals surface area (Å²) < 4.78 is 42.2. The molecule has 0 spiro atoms. The van der Waals surface area contributed by atoms with Crippen LogP contribution < -0.4 is 10.3 Å². The first-order chi connectivity index (χ1) is 7.93. The average Bonchev–Trinajstić information content (AvgIpc) is 2.27. The highest BCUT2D eigenvalue weighted by Gasteiger charge is 2.34. The monoisotopic (exact) mass is 244 g/mol. The van der Waals surface area contributed by atoms with E-state index in [4.69, 9.17) is 4.74 Å². The van der Waals surface area contributed by atoms with E-state index in [-0.39, 0.29) is 16.7 Å². The molecule has 0 bridgehead atoms. The molecule has 0 amide bonds. The van der Waals surface area contributed by atoms with Gasteiger partial charge in [-0.15, -0.1) is 0 Å². The van der Waals surface area contributed by atoms with E-state index in [0.29, 0.717) is 0 Å². The van der Waals surface area contributed by atoms with Gasteiger partial charge in [-0.1, -0.05) is 6.07 Å². The Morgan fingerprint density at radius 1 is 1.35 bits per heavy atom. The van der Waals surface area contributed by atoms with Crippen LogP contribution in [0, 0.1) is 0 Å². The predicted molar refractivity (Wildman–Crippen MR) is 53.9 cm³/mol. The fraction of sp³-hybridized carbons (Fsp3) is 0.200. The maximum absolute atomic E-state index is 12.5. The van der Waals surface area contributed by atoms with Gasteiger partial charge < -0.3 is 9.72 Å². The van der Waals surface area contributed by atoms with Crippen LogP contribution in [0.25, 0.3) is 10.9 Å². The van der Waals surface area contributed by atoms with E-state index in [1.165, 1.54) is 25.3 Å².